The van der Waals surface area contributed by atoms with Crippen molar-refractivity contribution in [3.8, 4) is 0 Å². The molecule has 5 heteroatoms. The van der Waals surface area contributed by atoms with Gasteiger partial charge in [0.15, 0.2) is 5.82 Å². The molecule has 0 amide bonds. The Hall–Kier alpha value is -0.550. The molecule has 1 fully saturated rings. The summed E-state index contributed by atoms with van der Waals surface area (Å²) in [7, 11) is 1.96. The van der Waals surface area contributed by atoms with Crippen LogP contribution in [0.25, 0.3) is 0 Å². The average molecular weight is 255 g/mol. The van der Waals surface area contributed by atoms with E-state index in [2.05, 4.69) is 27.2 Å². The molecule has 1 saturated heterocycles. The molecule has 2 heterocycles. The number of hydrogen-bond acceptors (Lipinski definition) is 5. The van der Waals surface area contributed by atoms with E-state index in [1.807, 2.05) is 7.05 Å². The lowest BCUT2D eigenvalue weighted by Gasteiger charge is -2.19. The maximum absolute atomic E-state index is 5.30. The second kappa shape index (κ2) is 7.01. The van der Waals surface area contributed by atoms with Gasteiger partial charge in [-0.25, -0.2) is 0 Å². The minimum atomic E-state index is 0.689. The molecule has 1 aromatic heterocycles. The van der Waals surface area contributed by atoms with Gasteiger partial charge in [0.05, 0.1) is 0 Å². The highest BCUT2D eigenvalue weighted by molar-refractivity contribution is 7.99. The van der Waals surface area contributed by atoms with Crippen molar-refractivity contribution >= 4 is 11.8 Å². The number of rotatable bonds is 6. The molecule has 0 aliphatic carbocycles. The van der Waals surface area contributed by atoms with Crippen molar-refractivity contribution in [3.05, 3.63) is 11.7 Å². The third-order valence-corrected chi connectivity index (χ3v) is 4.41. The molecule has 1 aliphatic rings. The van der Waals surface area contributed by atoms with Crippen LogP contribution >= 0.6 is 11.8 Å². The Labute approximate surface area is 107 Å². The summed E-state index contributed by atoms with van der Waals surface area (Å²) >= 11 is 2.05. The van der Waals surface area contributed by atoms with Crippen LogP contribution in [0, 0.1) is 0 Å². The van der Waals surface area contributed by atoms with Gasteiger partial charge in [-0.3, -0.25) is 0 Å². The molecule has 2 rings (SSSR count). The third-order valence-electron chi connectivity index (χ3n) is 3.01. The zero-order valence-electron chi connectivity index (χ0n) is 10.4. The Balaban J connectivity index is 1.76. The van der Waals surface area contributed by atoms with E-state index in [9.17, 15) is 0 Å². The minimum Gasteiger partial charge on any atom is -0.339 e. The fourth-order valence-corrected chi connectivity index (χ4v) is 3.36. The van der Waals surface area contributed by atoms with E-state index < -0.39 is 0 Å². The van der Waals surface area contributed by atoms with E-state index in [0.717, 1.165) is 37.5 Å². The predicted molar refractivity (Wildman–Crippen MR) is 70.3 cm³/mol. The maximum Gasteiger partial charge on any atom is 0.227 e. The summed E-state index contributed by atoms with van der Waals surface area (Å²) in [4.78, 5) is 4.46. The Kier molecular flexibility index (Phi) is 5.32. The highest BCUT2D eigenvalue weighted by atomic mass is 32.2. The Morgan fingerprint density at radius 2 is 2.41 bits per heavy atom. The van der Waals surface area contributed by atoms with E-state index in [-0.39, 0.29) is 0 Å². The number of nitrogens with one attached hydrogen (secondary N) is 1. The molecule has 1 N–H and O–H groups in total. The summed E-state index contributed by atoms with van der Waals surface area (Å²) in [6, 6.07) is 0. The zero-order chi connectivity index (χ0) is 11.9. The van der Waals surface area contributed by atoms with Crippen molar-refractivity contribution in [1.29, 1.82) is 0 Å². The monoisotopic (exact) mass is 255 g/mol. The van der Waals surface area contributed by atoms with Crippen LogP contribution in [0.1, 0.15) is 37.4 Å². The van der Waals surface area contributed by atoms with Gasteiger partial charge in [0.25, 0.3) is 0 Å². The SMILES string of the molecule is CNCCCc1noc(CC2CCCCS2)n1. The summed E-state index contributed by atoms with van der Waals surface area (Å²) in [5, 5.41) is 7.84. The van der Waals surface area contributed by atoms with E-state index in [1.165, 1.54) is 25.0 Å². The predicted octanol–water partition coefficient (Wildman–Crippen LogP) is 2.05. The van der Waals surface area contributed by atoms with Crippen LogP contribution in [-0.2, 0) is 12.8 Å². The molecule has 0 spiro atoms. The number of thioether (sulfide) groups is 1. The van der Waals surface area contributed by atoms with Gasteiger partial charge in [0.2, 0.25) is 5.89 Å². The number of aryl methyl sites for hydroxylation is 1. The highest BCUT2D eigenvalue weighted by Crippen LogP contribution is 2.27. The van der Waals surface area contributed by atoms with Crippen molar-refractivity contribution in [2.24, 2.45) is 0 Å². The number of nitrogens with zero attached hydrogens (tertiary/aromatic N) is 2. The summed E-state index contributed by atoms with van der Waals surface area (Å²) in [5.41, 5.74) is 0. The van der Waals surface area contributed by atoms with E-state index >= 15 is 0 Å². The van der Waals surface area contributed by atoms with Gasteiger partial charge < -0.3 is 9.84 Å². The zero-order valence-corrected chi connectivity index (χ0v) is 11.3. The molecule has 1 aromatic rings. The lowest BCUT2D eigenvalue weighted by Crippen LogP contribution is -2.12. The second-order valence-corrected chi connectivity index (χ2v) is 5.91. The largest absolute Gasteiger partial charge is 0.339 e. The van der Waals surface area contributed by atoms with Gasteiger partial charge in [-0.2, -0.15) is 16.7 Å². The van der Waals surface area contributed by atoms with Gasteiger partial charge in [-0.15, -0.1) is 0 Å². The van der Waals surface area contributed by atoms with Gasteiger partial charge in [0, 0.05) is 18.1 Å². The molecule has 0 aromatic carbocycles. The van der Waals surface area contributed by atoms with Crippen molar-refractivity contribution in [1.82, 2.24) is 15.5 Å². The standard InChI is InChI=1S/C12H21N3OS/c1-13-7-4-6-11-14-12(16-15-11)9-10-5-2-3-8-17-10/h10,13H,2-9H2,1H3. The molecule has 4 nitrogen and oxygen atoms in total. The summed E-state index contributed by atoms with van der Waals surface area (Å²) in [5.74, 6) is 2.97. The Morgan fingerprint density at radius 3 is 3.18 bits per heavy atom. The summed E-state index contributed by atoms with van der Waals surface area (Å²) in [6.07, 6.45) is 6.92. The van der Waals surface area contributed by atoms with Crippen LogP contribution in [0.5, 0.6) is 0 Å². The quantitative estimate of drug-likeness (QED) is 0.788. The Morgan fingerprint density at radius 1 is 1.47 bits per heavy atom. The number of hydrogen-bond donors (Lipinski definition) is 1. The van der Waals surface area contributed by atoms with Crippen LogP contribution in [0.3, 0.4) is 0 Å². The van der Waals surface area contributed by atoms with E-state index in [4.69, 9.17) is 4.52 Å². The van der Waals surface area contributed by atoms with E-state index in [0.29, 0.717) is 5.25 Å². The smallest absolute Gasteiger partial charge is 0.227 e. The molecule has 1 aliphatic heterocycles. The first-order valence-corrected chi connectivity index (χ1v) is 7.51. The van der Waals surface area contributed by atoms with Gasteiger partial charge in [-0.1, -0.05) is 11.6 Å². The van der Waals surface area contributed by atoms with Crippen LogP contribution in [0.15, 0.2) is 4.52 Å². The van der Waals surface area contributed by atoms with Crippen molar-refractivity contribution in [3.63, 3.8) is 0 Å². The topological polar surface area (TPSA) is 51.0 Å². The lowest BCUT2D eigenvalue weighted by molar-refractivity contribution is 0.369. The average Bonchev–Trinajstić information content (AvgIpc) is 2.79. The molecular formula is C12H21N3OS. The lowest BCUT2D eigenvalue weighted by atomic mass is 10.1. The third kappa shape index (κ3) is 4.32. The van der Waals surface area contributed by atoms with Gasteiger partial charge >= 0.3 is 0 Å². The minimum absolute atomic E-state index is 0.689. The molecule has 1 atom stereocenters. The van der Waals surface area contributed by atoms with Crippen LogP contribution in [-0.4, -0.2) is 34.7 Å². The highest BCUT2D eigenvalue weighted by Gasteiger charge is 2.17. The molecule has 0 saturated carbocycles. The molecule has 17 heavy (non-hydrogen) atoms. The van der Waals surface area contributed by atoms with Gasteiger partial charge in [0.1, 0.15) is 0 Å². The fraction of sp³-hybridized carbons (Fsp3) is 0.833. The van der Waals surface area contributed by atoms with Crippen molar-refractivity contribution < 1.29 is 4.52 Å². The molecular weight excluding hydrogens is 234 g/mol. The first kappa shape index (κ1) is 12.9. The molecule has 1 unspecified atom stereocenters. The maximum atomic E-state index is 5.30. The van der Waals surface area contributed by atoms with Crippen LogP contribution < -0.4 is 5.32 Å². The normalized spacial score (nSPS) is 20.6. The molecule has 0 radical (unpaired) electrons. The molecule has 96 valence electrons. The first-order chi connectivity index (χ1) is 8.38. The van der Waals surface area contributed by atoms with E-state index in [1.54, 1.807) is 0 Å². The second-order valence-electron chi connectivity index (χ2n) is 4.50. The van der Waals surface area contributed by atoms with Crippen molar-refractivity contribution in [2.45, 2.75) is 43.8 Å². The summed E-state index contributed by atoms with van der Waals surface area (Å²) < 4.78 is 5.30. The first-order valence-electron chi connectivity index (χ1n) is 6.46. The Bertz CT molecular complexity index is 323. The van der Waals surface area contributed by atoms with Crippen LogP contribution in [0.2, 0.25) is 0 Å². The van der Waals surface area contributed by atoms with Gasteiger partial charge in [-0.05, 0) is 38.6 Å². The van der Waals surface area contributed by atoms with Crippen LogP contribution in [0.4, 0.5) is 0 Å². The fourth-order valence-electron chi connectivity index (χ4n) is 2.06. The summed E-state index contributed by atoms with van der Waals surface area (Å²) in [6.45, 7) is 1.00. The van der Waals surface area contributed by atoms with Crippen molar-refractivity contribution in [2.75, 3.05) is 19.3 Å². The molecule has 0 bridgehead atoms. The number of aromatic nitrogens is 2.